The Morgan fingerprint density at radius 3 is 2.76 bits per heavy atom. The van der Waals surface area contributed by atoms with Gasteiger partial charge in [-0.3, -0.25) is 9.59 Å². The average Bonchev–Trinajstić information content (AvgIpc) is 3.43. The maximum Gasteiger partial charge on any atom is 0.246 e. The Balaban J connectivity index is 1.54. The van der Waals surface area contributed by atoms with Crippen LogP contribution in [0.4, 0.5) is 15.9 Å². The van der Waals surface area contributed by atoms with E-state index in [0.29, 0.717) is 36.3 Å². The van der Waals surface area contributed by atoms with Crippen LogP contribution in [-0.2, 0) is 9.59 Å². The van der Waals surface area contributed by atoms with E-state index in [4.69, 9.17) is 22.1 Å². The molecular weight excluding hydrogens is 603 g/mol. The first-order chi connectivity index (χ1) is 21.7. The van der Waals surface area contributed by atoms with Gasteiger partial charge in [-0.1, -0.05) is 18.2 Å². The molecule has 45 heavy (non-hydrogen) atoms. The number of nitrogen functional groups attached to an aromatic ring is 1. The maximum absolute atomic E-state index is 15.3. The molecule has 0 spiro atoms. The monoisotopic (exact) mass is 632 g/mol. The number of aliphatic hydroxyl groups excluding tert-OH is 1. The number of carbonyl (C=O) groups excluding carboxylic acids is 2. The molecule has 2 amide bonds. The van der Waals surface area contributed by atoms with Crippen LogP contribution in [0.25, 0.3) is 16.8 Å². The van der Waals surface area contributed by atoms with Crippen LogP contribution in [0, 0.1) is 28.5 Å². The molecule has 14 heteroatoms. The van der Waals surface area contributed by atoms with E-state index in [2.05, 4.69) is 23.7 Å². The van der Waals surface area contributed by atoms with Gasteiger partial charge in [-0.25, -0.2) is 9.37 Å². The van der Waals surface area contributed by atoms with Crippen LogP contribution in [0.5, 0.6) is 5.75 Å². The normalized spacial score (nSPS) is 22.5. The first kappa shape index (κ1) is 30.2. The highest BCUT2D eigenvalue weighted by Gasteiger charge is 2.46. The van der Waals surface area contributed by atoms with Crippen LogP contribution in [0.15, 0.2) is 36.6 Å². The fourth-order valence-electron chi connectivity index (χ4n) is 6.79. The molecule has 3 N–H and O–H groups in total. The smallest absolute Gasteiger partial charge is 0.246 e. The number of benzene rings is 1. The first-order valence-electron chi connectivity index (χ1n) is 14.5. The number of nitriles is 2. The Morgan fingerprint density at radius 2 is 2.09 bits per heavy atom. The van der Waals surface area contributed by atoms with Crippen LogP contribution in [0.2, 0.25) is 5.02 Å². The van der Waals surface area contributed by atoms with Gasteiger partial charge in [0.05, 0.1) is 52.1 Å². The molecule has 0 bridgehead atoms. The molecule has 3 atom stereocenters. The van der Waals surface area contributed by atoms with Gasteiger partial charge in [-0.05, 0) is 24.6 Å². The summed E-state index contributed by atoms with van der Waals surface area (Å²) in [5, 5.41) is 32.0. The maximum atomic E-state index is 15.3. The number of aromatic nitrogens is 1. The third-order valence-electron chi connectivity index (χ3n) is 8.80. The summed E-state index contributed by atoms with van der Waals surface area (Å²) in [6, 6.07) is 5.97. The third kappa shape index (κ3) is 4.98. The van der Waals surface area contributed by atoms with Crippen molar-refractivity contribution in [3.05, 3.63) is 53.0 Å². The fourth-order valence-corrected chi connectivity index (χ4v) is 7.08. The van der Waals surface area contributed by atoms with Crippen LogP contribution in [0.1, 0.15) is 24.8 Å². The molecule has 0 radical (unpaired) electrons. The third-order valence-corrected chi connectivity index (χ3v) is 9.09. The number of anilines is 2. The van der Waals surface area contributed by atoms with E-state index < -0.39 is 24.1 Å². The lowest BCUT2D eigenvalue weighted by Crippen LogP contribution is -2.58. The van der Waals surface area contributed by atoms with Crippen molar-refractivity contribution < 1.29 is 23.8 Å². The van der Waals surface area contributed by atoms with Crippen LogP contribution in [0.3, 0.4) is 0 Å². The highest BCUT2D eigenvalue weighted by molar-refractivity contribution is 6.34. The average molecular weight is 633 g/mol. The Kier molecular flexibility index (Phi) is 7.99. The highest BCUT2D eigenvalue weighted by Crippen LogP contribution is 2.55. The second kappa shape index (κ2) is 11.9. The molecule has 6 rings (SSSR count). The Bertz CT molecular complexity index is 1700. The van der Waals surface area contributed by atoms with Crippen molar-refractivity contribution in [1.82, 2.24) is 19.7 Å². The predicted molar refractivity (Wildman–Crippen MR) is 163 cm³/mol. The minimum absolute atomic E-state index is 0.00301. The van der Waals surface area contributed by atoms with E-state index in [1.165, 1.54) is 12.3 Å². The minimum atomic E-state index is -1.46. The summed E-state index contributed by atoms with van der Waals surface area (Å²) in [4.78, 5) is 35.9. The van der Waals surface area contributed by atoms with E-state index in [1.54, 1.807) is 20.8 Å². The van der Waals surface area contributed by atoms with Gasteiger partial charge in [0.25, 0.3) is 0 Å². The van der Waals surface area contributed by atoms with Gasteiger partial charge in [0, 0.05) is 50.9 Å². The van der Waals surface area contributed by atoms with E-state index in [0.717, 1.165) is 6.07 Å². The summed E-state index contributed by atoms with van der Waals surface area (Å²) in [5.74, 6) is -0.954. The van der Waals surface area contributed by atoms with Gasteiger partial charge in [0.2, 0.25) is 11.8 Å². The van der Waals surface area contributed by atoms with E-state index in [-0.39, 0.29) is 84.3 Å². The lowest BCUT2D eigenvalue weighted by atomic mass is 9.89. The molecule has 0 aliphatic carbocycles. The van der Waals surface area contributed by atoms with Crippen molar-refractivity contribution in [3.63, 3.8) is 0 Å². The summed E-state index contributed by atoms with van der Waals surface area (Å²) < 4.78 is 21.6. The van der Waals surface area contributed by atoms with Crippen molar-refractivity contribution in [3.8, 4) is 29.0 Å². The molecule has 12 nitrogen and oxygen atoms in total. The summed E-state index contributed by atoms with van der Waals surface area (Å²) in [7, 11) is 0. The number of hydrogen-bond donors (Lipinski definition) is 2. The number of halogens is 2. The molecule has 2 aromatic rings. The second-order valence-electron chi connectivity index (χ2n) is 11.3. The van der Waals surface area contributed by atoms with Gasteiger partial charge in [-0.15, -0.1) is 0 Å². The minimum Gasteiger partial charge on any atom is -0.488 e. The molecule has 4 aliphatic rings. The molecule has 2 unspecified atom stereocenters. The van der Waals surface area contributed by atoms with Crippen molar-refractivity contribution in [1.29, 1.82) is 10.5 Å². The standard InChI is InChI=1S/C31H30ClFN8O4/c1-2-23(42)40-11-10-39(14-17(40)5-7-34)27-19-12-21(32)25(26-22(33)6-8-37-30(26)36)29-28(19)41(31(44)20(27)13-35)18(16-45-29)15-38-9-3-4-24(38)43/h2,6,8,12,17-18,31,44H,1,3-5,9-11,14-16H2,(H2,36,37)/t17-,18?,31?/m0/s1. The summed E-state index contributed by atoms with van der Waals surface area (Å²) in [5.41, 5.74) is 7.42. The lowest BCUT2D eigenvalue weighted by molar-refractivity contribution is -0.130. The zero-order valence-corrected chi connectivity index (χ0v) is 25.0. The molecule has 0 saturated carbocycles. The van der Waals surface area contributed by atoms with Gasteiger partial charge in [0.1, 0.15) is 29.9 Å². The molecule has 232 valence electrons. The summed E-state index contributed by atoms with van der Waals surface area (Å²) >= 11 is 6.89. The predicted octanol–water partition coefficient (Wildman–Crippen LogP) is 2.49. The zero-order valence-electron chi connectivity index (χ0n) is 24.2. The Morgan fingerprint density at radius 1 is 1.29 bits per heavy atom. The Hall–Kier alpha value is -4.85. The van der Waals surface area contributed by atoms with Crippen LogP contribution >= 0.6 is 11.6 Å². The van der Waals surface area contributed by atoms with Crippen molar-refractivity contribution >= 4 is 40.6 Å². The molecule has 5 heterocycles. The molecular formula is C31H30ClFN8O4. The van der Waals surface area contributed by atoms with Gasteiger partial charge in [0.15, 0.2) is 12.0 Å². The zero-order chi connectivity index (χ0) is 32.0. The quantitative estimate of drug-likeness (QED) is 0.452. The number of likely N-dealkylation sites (tertiary alicyclic amines) is 1. The number of carbonyl (C=O) groups is 2. The van der Waals surface area contributed by atoms with Crippen molar-refractivity contribution in [2.24, 2.45) is 0 Å². The van der Waals surface area contributed by atoms with Crippen LogP contribution < -0.4 is 15.4 Å². The molecule has 4 aliphatic heterocycles. The van der Waals surface area contributed by atoms with E-state index >= 15 is 4.39 Å². The fraction of sp³-hybridized carbons (Fsp3) is 0.387. The number of nitrogens with two attached hydrogens (primary N) is 1. The second-order valence-corrected chi connectivity index (χ2v) is 11.7. The summed E-state index contributed by atoms with van der Waals surface area (Å²) in [6.45, 7) is 5.06. The molecule has 2 fully saturated rings. The number of piperazine rings is 1. The summed E-state index contributed by atoms with van der Waals surface area (Å²) in [6.07, 6.45) is 2.15. The lowest BCUT2D eigenvalue weighted by Gasteiger charge is -2.49. The molecule has 1 aromatic carbocycles. The van der Waals surface area contributed by atoms with Gasteiger partial charge < -0.3 is 35.2 Å². The van der Waals surface area contributed by atoms with Gasteiger partial charge >= 0.3 is 0 Å². The molecule has 2 saturated heterocycles. The van der Waals surface area contributed by atoms with Crippen molar-refractivity contribution in [2.45, 2.75) is 37.6 Å². The number of rotatable bonds is 6. The topological polar surface area (TPSA) is 163 Å². The number of amides is 2. The number of aliphatic hydroxyl groups is 1. The molecule has 1 aromatic heterocycles. The Labute approximate surface area is 263 Å². The highest BCUT2D eigenvalue weighted by atomic mass is 35.5. The van der Waals surface area contributed by atoms with E-state index in [9.17, 15) is 25.2 Å². The first-order valence-corrected chi connectivity index (χ1v) is 14.9. The SMILES string of the molecule is C=CC(=O)N1CCN(C2=C(C#N)C(O)N3c4c2cc(Cl)c(-c2c(F)ccnc2N)c4OCC3CN2CCCC2=O)C[C@@H]1CC#N. The van der Waals surface area contributed by atoms with E-state index in [1.807, 2.05) is 4.90 Å². The number of pyridine rings is 1. The van der Waals surface area contributed by atoms with Crippen LogP contribution in [-0.4, -0.2) is 94.2 Å². The number of hydrogen-bond acceptors (Lipinski definition) is 10. The largest absolute Gasteiger partial charge is 0.488 e. The number of ether oxygens (including phenoxy) is 1. The van der Waals surface area contributed by atoms with Gasteiger partial charge in [-0.2, -0.15) is 10.5 Å². The van der Waals surface area contributed by atoms with Crippen molar-refractivity contribution in [2.75, 3.05) is 50.0 Å². The number of nitrogens with zero attached hydrogens (tertiary/aromatic N) is 7.